The average molecular weight is 757 g/mol. The molecule has 0 amide bonds. The van der Waals surface area contributed by atoms with Crippen molar-refractivity contribution in [3.05, 3.63) is 207 Å². The van der Waals surface area contributed by atoms with Gasteiger partial charge in [0.2, 0.25) is 0 Å². The third kappa shape index (κ3) is 5.57. The zero-order chi connectivity index (χ0) is 39.3. The van der Waals surface area contributed by atoms with Gasteiger partial charge in [-0.1, -0.05) is 91.0 Å². The van der Waals surface area contributed by atoms with Crippen molar-refractivity contribution in [2.75, 3.05) is 0 Å². The van der Waals surface area contributed by atoms with Crippen LogP contribution in [0.1, 0.15) is 5.56 Å². The summed E-state index contributed by atoms with van der Waals surface area (Å²) < 4.78 is 4.82. The summed E-state index contributed by atoms with van der Waals surface area (Å²) in [4.78, 5) is 18.5. The van der Waals surface area contributed by atoms with E-state index < -0.39 is 0 Å². The third-order valence-corrected chi connectivity index (χ3v) is 11.5. The summed E-state index contributed by atoms with van der Waals surface area (Å²) in [5.41, 5.74) is 17.4. The Morgan fingerprint density at radius 1 is 0.339 bits per heavy atom. The molecule has 6 nitrogen and oxygen atoms in total. The zero-order valence-electron chi connectivity index (χ0n) is 32.2. The average Bonchev–Trinajstić information content (AvgIpc) is 3.83. The van der Waals surface area contributed by atoms with Gasteiger partial charge in [0.15, 0.2) is 0 Å². The van der Waals surface area contributed by atoms with Crippen LogP contribution in [0, 0.1) is 6.92 Å². The van der Waals surface area contributed by atoms with Gasteiger partial charge in [-0.25, -0.2) is 0 Å². The second kappa shape index (κ2) is 14.2. The molecule has 6 heterocycles. The van der Waals surface area contributed by atoms with Gasteiger partial charge in [0.25, 0.3) is 0 Å². The van der Waals surface area contributed by atoms with Gasteiger partial charge < -0.3 is 0 Å². The number of aromatic nitrogens is 6. The molecule has 278 valence electrons. The summed E-state index contributed by atoms with van der Waals surface area (Å²) in [6.45, 7) is 2.21. The smallest absolute Gasteiger partial charge is 0.131 e. The van der Waals surface area contributed by atoms with E-state index in [1.165, 1.54) is 21.7 Å². The maximum atomic E-state index is 4.66. The first kappa shape index (κ1) is 34.3. The molecule has 0 aliphatic heterocycles. The highest BCUT2D eigenvalue weighted by Crippen LogP contribution is 2.52. The van der Waals surface area contributed by atoms with E-state index in [-0.39, 0.29) is 0 Å². The summed E-state index contributed by atoms with van der Waals surface area (Å²) in [6.07, 6.45) is 15.2. The van der Waals surface area contributed by atoms with Gasteiger partial charge >= 0.3 is 0 Å². The number of hydrogen-bond acceptors (Lipinski definition) is 4. The van der Waals surface area contributed by atoms with Gasteiger partial charge in [-0.15, -0.1) is 0 Å². The summed E-state index contributed by atoms with van der Waals surface area (Å²) in [5, 5.41) is 3.68. The van der Waals surface area contributed by atoms with Crippen molar-refractivity contribution in [2.45, 2.75) is 6.92 Å². The molecule has 0 aliphatic carbocycles. The first-order valence-corrected chi connectivity index (χ1v) is 19.8. The predicted molar refractivity (Wildman–Crippen MR) is 241 cm³/mol. The van der Waals surface area contributed by atoms with E-state index in [1.807, 2.05) is 73.8 Å². The molecule has 0 spiro atoms. The molecule has 0 radical (unpaired) electrons. The van der Waals surface area contributed by atoms with Crippen molar-refractivity contribution >= 4 is 32.8 Å². The van der Waals surface area contributed by atoms with Gasteiger partial charge in [-0.2, -0.15) is 0 Å². The van der Waals surface area contributed by atoms with Crippen LogP contribution in [0.3, 0.4) is 0 Å². The van der Waals surface area contributed by atoms with Crippen LogP contribution in [0.5, 0.6) is 0 Å². The number of para-hydroxylation sites is 3. The van der Waals surface area contributed by atoms with Crippen LogP contribution in [0.25, 0.3) is 99.8 Å². The Kier molecular flexibility index (Phi) is 8.26. The molecule has 59 heavy (non-hydrogen) atoms. The highest BCUT2D eigenvalue weighted by Gasteiger charge is 2.28. The van der Waals surface area contributed by atoms with Crippen LogP contribution in [0.2, 0.25) is 0 Å². The van der Waals surface area contributed by atoms with Crippen LogP contribution in [0.4, 0.5) is 0 Å². The van der Waals surface area contributed by atoms with Crippen molar-refractivity contribution in [3.8, 4) is 67.0 Å². The van der Waals surface area contributed by atoms with E-state index in [1.54, 1.807) is 0 Å². The van der Waals surface area contributed by atoms with Gasteiger partial charge in [0, 0.05) is 99.4 Å². The lowest BCUT2D eigenvalue weighted by Crippen LogP contribution is -2.03. The second-order valence-electron chi connectivity index (χ2n) is 14.8. The lowest BCUT2D eigenvalue weighted by atomic mass is 9.77. The quantitative estimate of drug-likeness (QED) is 0.162. The predicted octanol–water partition coefficient (Wildman–Crippen LogP) is 13.0. The number of rotatable bonds is 7. The Hall–Kier alpha value is -7.96. The largest absolute Gasteiger partial charge is 0.295 e. The monoisotopic (exact) mass is 756 g/mol. The minimum Gasteiger partial charge on any atom is -0.295 e. The molecular formula is C53H36N6. The van der Waals surface area contributed by atoms with Gasteiger partial charge in [0.1, 0.15) is 5.65 Å². The van der Waals surface area contributed by atoms with Crippen molar-refractivity contribution < 1.29 is 0 Å². The van der Waals surface area contributed by atoms with Gasteiger partial charge in [-0.3, -0.25) is 29.1 Å². The molecule has 0 fully saturated rings. The number of pyridine rings is 4. The summed E-state index contributed by atoms with van der Waals surface area (Å²) in [5.74, 6) is 0. The number of hydrogen-bond donors (Lipinski definition) is 0. The fourth-order valence-electron chi connectivity index (χ4n) is 9.08. The Morgan fingerprint density at radius 3 is 1.17 bits per heavy atom. The normalized spacial score (nSPS) is 11.5. The summed E-state index contributed by atoms with van der Waals surface area (Å²) >= 11 is 0. The highest BCUT2D eigenvalue weighted by atomic mass is 15.1. The molecule has 6 aromatic heterocycles. The number of fused-ring (bicyclic) bond motifs is 5. The van der Waals surface area contributed by atoms with Crippen LogP contribution in [-0.4, -0.2) is 29.1 Å². The van der Waals surface area contributed by atoms with Crippen LogP contribution >= 0.6 is 0 Å². The lowest BCUT2D eigenvalue weighted by Gasteiger charge is -2.26. The molecule has 0 saturated carbocycles. The van der Waals surface area contributed by atoms with Gasteiger partial charge in [0.05, 0.1) is 11.0 Å². The van der Waals surface area contributed by atoms with Crippen molar-refractivity contribution in [2.24, 2.45) is 0 Å². The molecule has 0 unspecified atom stereocenters. The fraction of sp³-hybridized carbons (Fsp3) is 0.0189. The number of benzene rings is 5. The molecule has 0 N–H and O–H groups in total. The molecular weight excluding hydrogens is 721 g/mol. The van der Waals surface area contributed by atoms with E-state index >= 15 is 0 Å². The second-order valence-corrected chi connectivity index (χ2v) is 14.8. The molecule has 0 bridgehead atoms. The van der Waals surface area contributed by atoms with Crippen LogP contribution < -0.4 is 0 Å². The van der Waals surface area contributed by atoms with E-state index in [0.29, 0.717) is 0 Å². The standard InChI is InChI=1S/C53H36N6/c1-35-47(37-13-9-27-54-31-37)50(39-15-11-29-56-33-39)49(51(40-16-12-30-57-34-40)48(35)38-14-10-28-55-32-38)36-23-25-42(26-24-36)59-46-22-8-6-20-44(46)52-43-19-5-7-21-45(43)58(53(52)59)41-17-3-2-4-18-41/h2-34H,1H3. The fourth-order valence-corrected chi connectivity index (χ4v) is 9.08. The van der Waals surface area contributed by atoms with E-state index in [9.17, 15) is 0 Å². The molecule has 6 heteroatoms. The Morgan fingerprint density at radius 2 is 0.729 bits per heavy atom. The molecule has 0 aliphatic rings. The van der Waals surface area contributed by atoms with E-state index in [4.69, 9.17) is 0 Å². The zero-order valence-corrected chi connectivity index (χ0v) is 32.2. The number of nitrogens with zero attached hydrogens (tertiary/aromatic N) is 6. The minimum atomic E-state index is 1.02. The first-order chi connectivity index (χ1) is 29.3. The molecule has 11 aromatic rings. The van der Waals surface area contributed by atoms with Crippen molar-refractivity contribution in [1.82, 2.24) is 29.1 Å². The van der Waals surface area contributed by atoms with Crippen molar-refractivity contribution in [3.63, 3.8) is 0 Å². The SMILES string of the molecule is Cc1c(-c2cccnc2)c(-c2cccnc2)c(-c2ccc(-n3c4ccccc4c4c5ccccc5n(-c5ccccc5)c43)cc2)c(-c2cccnc2)c1-c1cccnc1. The molecule has 0 atom stereocenters. The van der Waals surface area contributed by atoms with Gasteiger partial charge in [-0.05, 0) is 107 Å². The van der Waals surface area contributed by atoms with Crippen LogP contribution in [0.15, 0.2) is 201 Å². The summed E-state index contributed by atoms with van der Waals surface area (Å²) in [6, 6.07) is 53.9. The van der Waals surface area contributed by atoms with E-state index in [2.05, 4.69) is 163 Å². The van der Waals surface area contributed by atoms with Crippen LogP contribution in [-0.2, 0) is 0 Å². The van der Waals surface area contributed by atoms with E-state index in [0.717, 1.165) is 83.7 Å². The maximum absolute atomic E-state index is 4.66. The Bertz CT molecular complexity index is 3180. The topological polar surface area (TPSA) is 61.4 Å². The first-order valence-electron chi connectivity index (χ1n) is 19.8. The minimum absolute atomic E-state index is 1.02. The third-order valence-electron chi connectivity index (χ3n) is 11.5. The highest BCUT2D eigenvalue weighted by molar-refractivity contribution is 6.22. The Labute approximate surface area is 341 Å². The lowest BCUT2D eigenvalue weighted by molar-refractivity contribution is 1.07. The van der Waals surface area contributed by atoms with Crippen molar-refractivity contribution in [1.29, 1.82) is 0 Å². The molecule has 11 rings (SSSR count). The molecule has 0 saturated heterocycles. The summed E-state index contributed by atoms with van der Waals surface area (Å²) in [7, 11) is 0. The maximum Gasteiger partial charge on any atom is 0.131 e. The molecule has 5 aromatic carbocycles. The Balaban J connectivity index is 1.25.